The highest BCUT2D eigenvalue weighted by atomic mass is 19.1. The van der Waals surface area contributed by atoms with Crippen molar-refractivity contribution in [1.82, 2.24) is 0 Å². The van der Waals surface area contributed by atoms with E-state index in [1.54, 1.807) is 0 Å². The Labute approximate surface area is 85.6 Å². The van der Waals surface area contributed by atoms with E-state index in [-0.39, 0.29) is 12.4 Å². The summed E-state index contributed by atoms with van der Waals surface area (Å²) < 4.78 is 34.4. The van der Waals surface area contributed by atoms with Crippen LogP contribution in [0, 0.1) is 11.6 Å². The number of halogens is 2. The first kappa shape index (κ1) is 11.4. The van der Waals surface area contributed by atoms with Crippen molar-refractivity contribution in [3.63, 3.8) is 0 Å². The van der Waals surface area contributed by atoms with E-state index >= 15 is 0 Å². The Morgan fingerprint density at radius 2 is 1.87 bits per heavy atom. The molecule has 0 saturated heterocycles. The fraction of sp³-hybridized carbons (Fsp3) is 0.300. The topological polar surface area (TPSA) is 35.5 Å². The molecular weight excluding hydrogens is 206 g/mol. The van der Waals surface area contributed by atoms with Gasteiger partial charge in [-0.3, -0.25) is 0 Å². The van der Waals surface area contributed by atoms with Gasteiger partial charge in [-0.15, -0.1) is 0 Å². The van der Waals surface area contributed by atoms with Gasteiger partial charge < -0.3 is 9.47 Å². The van der Waals surface area contributed by atoms with Crippen LogP contribution < -0.4 is 4.74 Å². The van der Waals surface area contributed by atoms with E-state index in [4.69, 9.17) is 0 Å². The van der Waals surface area contributed by atoms with Crippen LogP contribution in [0.25, 0.3) is 0 Å². The summed E-state index contributed by atoms with van der Waals surface area (Å²) in [5.74, 6) is -1.84. The van der Waals surface area contributed by atoms with Gasteiger partial charge >= 0.3 is 6.16 Å². The first-order valence-corrected chi connectivity index (χ1v) is 4.42. The molecule has 0 radical (unpaired) electrons. The number of hydrogen-bond donors (Lipinski definition) is 0. The van der Waals surface area contributed by atoms with E-state index in [0.29, 0.717) is 12.5 Å². The fourth-order valence-electron chi connectivity index (χ4n) is 0.899. The molecule has 0 bridgehead atoms. The van der Waals surface area contributed by atoms with Crippen LogP contribution in [0.4, 0.5) is 13.6 Å². The molecule has 0 aliphatic heterocycles. The maximum absolute atomic E-state index is 12.7. The highest BCUT2D eigenvalue weighted by Gasteiger charge is 2.07. The Morgan fingerprint density at radius 1 is 1.27 bits per heavy atom. The SMILES string of the molecule is CCCOC(=O)Oc1cc(F)cc(F)c1. The zero-order valence-corrected chi connectivity index (χ0v) is 8.13. The molecule has 82 valence electrons. The average Bonchev–Trinajstić information content (AvgIpc) is 2.13. The first-order valence-electron chi connectivity index (χ1n) is 4.42. The highest BCUT2D eigenvalue weighted by Crippen LogP contribution is 2.15. The molecule has 0 spiro atoms. The molecule has 0 aliphatic rings. The average molecular weight is 216 g/mol. The van der Waals surface area contributed by atoms with Crippen molar-refractivity contribution in [2.45, 2.75) is 13.3 Å². The summed E-state index contributed by atoms with van der Waals surface area (Å²) in [6, 6.07) is 2.48. The van der Waals surface area contributed by atoms with Gasteiger partial charge in [-0.2, -0.15) is 0 Å². The molecule has 0 N–H and O–H groups in total. The summed E-state index contributed by atoms with van der Waals surface area (Å²) >= 11 is 0. The molecule has 0 amide bonds. The summed E-state index contributed by atoms with van der Waals surface area (Å²) in [5, 5.41) is 0. The summed E-state index contributed by atoms with van der Waals surface area (Å²) in [6.45, 7) is 2.02. The minimum atomic E-state index is -0.971. The minimum absolute atomic E-state index is 0.205. The number of carbonyl (C=O) groups is 1. The van der Waals surface area contributed by atoms with Gasteiger partial charge in [0, 0.05) is 18.2 Å². The van der Waals surface area contributed by atoms with Gasteiger partial charge in [0.15, 0.2) is 0 Å². The lowest BCUT2D eigenvalue weighted by atomic mass is 10.3. The third-order valence-corrected chi connectivity index (χ3v) is 1.46. The quantitative estimate of drug-likeness (QED) is 0.575. The van der Waals surface area contributed by atoms with E-state index < -0.39 is 17.8 Å². The zero-order valence-electron chi connectivity index (χ0n) is 8.13. The Kier molecular flexibility index (Phi) is 4.03. The second kappa shape index (κ2) is 5.29. The summed E-state index contributed by atoms with van der Waals surface area (Å²) in [6.07, 6.45) is -0.325. The van der Waals surface area contributed by atoms with Crippen molar-refractivity contribution >= 4 is 6.16 Å². The standard InChI is InChI=1S/C10H10F2O3/c1-2-3-14-10(13)15-9-5-7(11)4-8(12)6-9/h4-6H,2-3H2,1H3. The zero-order chi connectivity index (χ0) is 11.3. The van der Waals surface area contributed by atoms with Crippen molar-refractivity contribution in [3.05, 3.63) is 29.8 Å². The highest BCUT2D eigenvalue weighted by molar-refractivity contribution is 5.63. The van der Waals surface area contributed by atoms with Crippen molar-refractivity contribution in [1.29, 1.82) is 0 Å². The molecule has 0 aromatic heterocycles. The van der Waals surface area contributed by atoms with Gasteiger partial charge in [0.25, 0.3) is 0 Å². The lowest BCUT2D eigenvalue weighted by Crippen LogP contribution is -2.11. The van der Waals surface area contributed by atoms with Gasteiger partial charge in [0.1, 0.15) is 17.4 Å². The molecule has 1 rings (SSSR count). The lowest BCUT2D eigenvalue weighted by Gasteiger charge is -2.04. The predicted octanol–water partition coefficient (Wildman–Crippen LogP) is 2.89. The van der Waals surface area contributed by atoms with Crippen LogP contribution in [0.1, 0.15) is 13.3 Å². The van der Waals surface area contributed by atoms with Crippen molar-refractivity contribution in [2.24, 2.45) is 0 Å². The summed E-state index contributed by atoms with van der Waals surface area (Å²) in [4.78, 5) is 10.9. The first-order chi connectivity index (χ1) is 7.11. The Hall–Kier alpha value is -1.65. The minimum Gasteiger partial charge on any atom is -0.434 e. The van der Waals surface area contributed by atoms with Crippen LogP contribution in [-0.4, -0.2) is 12.8 Å². The number of rotatable bonds is 3. The number of benzene rings is 1. The van der Waals surface area contributed by atoms with E-state index in [1.807, 2.05) is 6.92 Å². The van der Waals surface area contributed by atoms with Crippen LogP contribution in [0.15, 0.2) is 18.2 Å². The van der Waals surface area contributed by atoms with Gasteiger partial charge in [0.2, 0.25) is 0 Å². The van der Waals surface area contributed by atoms with Gasteiger partial charge in [-0.1, -0.05) is 6.92 Å². The van der Waals surface area contributed by atoms with Crippen molar-refractivity contribution in [3.8, 4) is 5.75 Å². The van der Waals surface area contributed by atoms with Crippen molar-refractivity contribution < 1.29 is 23.0 Å². The van der Waals surface area contributed by atoms with Gasteiger partial charge in [-0.05, 0) is 6.42 Å². The van der Waals surface area contributed by atoms with Crippen LogP contribution in [-0.2, 0) is 4.74 Å². The molecule has 5 heteroatoms. The van der Waals surface area contributed by atoms with E-state index in [9.17, 15) is 13.6 Å². The maximum Gasteiger partial charge on any atom is 0.513 e. The van der Waals surface area contributed by atoms with Crippen molar-refractivity contribution in [2.75, 3.05) is 6.61 Å². The monoisotopic (exact) mass is 216 g/mol. The Bertz CT molecular complexity index is 332. The third-order valence-electron chi connectivity index (χ3n) is 1.46. The van der Waals surface area contributed by atoms with E-state index in [0.717, 1.165) is 12.1 Å². The van der Waals surface area contributed by atoms with Crippen LogP contribution >= 0.6 is 0 Å². The smallest absolute Gasteiger partial charge is 0.434 e. The third kappa shape index (κ3) is 3.93. The number of hydrogen-bond acceptors (Lipinski definition) is 3. The molecule has 0 aliphatic carbocycles. The molecule has 0 unspecified atom stereocenters. The number of carbonyl (C=O) groups excluding carboxylic acids is 1. The molecule has 0 atom stereocenters. The molecule has 15 heavy (non-hydrogen) atoms. The van der Waals surface area contributed by atoms with E-state index in [1.165, 1.54) is 0 Å². The number of ether oxygens (including phenoxy) is 2. The Morgan fingerprint density at radius 3 is 2.40 bits per heavy atom. The maximum atomic E-state index is 12.7. The molecule has 1 aromatic carbocycles. The lowest BCUT2D eigenvalue weighted by molar-refractivity contribution is 0.0990. The molecule has 1 aromatic rings. The summed E-state index contributed by atoms with van der Waals surface area (Å²) in [7, 11) is 0. The molecular formula is C10H10F2O3. The van der Waals surface area contributed by atoms with Crippen LogP contribution in [0.2, 0.25) is 0 Å². The fourth-order valence-corrected chi connectivity index (χ4v) is 0.899. The molecule has 0 saturated carbocycles. The predicted molar refractivity (Wildman–Crippen MR) is 48.6 cm³/mol. The second-order valence-corrected chi connectivity index (χ2v) is 2.81. The van der Waals surface area contributed by atoms with E-state index in [2.05, 4.69) is 9.47 Å². The molecule has 0 fully saturated rings. The Balaban J connectivity index is 2.60. The van der Waals surface area contributed by atoms with Gasteiger partial charge in [-0.25, -0.2) is 13.6 Å². The van der Waals surface area contributed by atoms with Gasteiger partial charge in [0.05, 0.1) is 6.61 Å². The second-order valence-electron chi connectivity index (χ2n) is 2.81. The summed E-state index contributed by atoms with van der Waals surface area (Å²) in [5.41, 5.74) is 0. The normalized spacial score (nSPS) is 9.80. The van der Waals surface area contributed by atoms with Crippen LogP contribution in [0.3, 0.4) is 0 Å². The largest absolute Gasteiger partial charge is 0.513 e. The molecule has 0 heterocycles. The molecule has 3 nitrogen and oxygen atoms in total. The van der Waals surface area contributed by atoms with Crippen LogP contribution in [0.5, 0.6) is 5.75 Å².